The lowest BCUT2D eigenvalue weighted by atomic mass is 10.2. The Morgan fingerprint density at radius 2 is 2.44 bits per heavy atom. The average molecular weight is 282 g/mol. The van der Waals surface area contributed by atoms with E-state index in [1.165, 1.54) is 0 Å². The summed E-state index contributed by atoms with van der Waals surface area (Å²) in [5.74, 6) is 1.02. The summed E-state index contributed by atoms with van der Waals surface area (Å²) < 4.78 is 7.36. The van der Waals surface area contributed by atoms with Crippen LogP contribution in [0.1, 0.15) is 16.7 Å². The van der Waals surface area contributed by atoms with E-state index in [1.54, 1.807) is 11.8 Å². The van der Waals surface area contributed by atoms with Gasteiger partial charge in [-0.2, -0.15) is 0 Å². The van der Waals surface area contributed by atoms with E-state index < -0.39 is 0 Å². The first-order valence-corrected chi connectivity index (χ1v) is 7.11. The fraction of sp³-hybridized carbons (Fsp3) is 0.333. The van der Waals surface area contributed by atoms with Gasteiger partial charge < -0.3 is 4.74 Å². The van der Waals surface area contributed by atoms with Gasteiger partial charge in [0.05, 0.1) is 19.3 Å². The number of aromatic nitrogens is 3. The largest absolute Gasteiger partial charge is 0.360 e. The molecule has 1 aliphatic heterocycles. The maximum Gasteiger partial charge on any atom is 0.148 e. The number of nitrogens with zero attached hydrogens (tertiary/aromatic N) is 3. The third-order valence-corrected chi connectivity index (χ3v) is 3.97. The van der Waals surface area contributed by atoms with E-state index in [1.807, 2.05) is 35.1 Å². The third-order valence-electron chi connectivity index (χ3n) is 2.65. The molecule has 0 spiro atoms. The van der Waals surface area contributed by atoms with Gasteiger partial charge in [-0.05, 0) is 17.7 Å². The van der Waals surface area contributed by atoms with Gasteiger partial charge in [-0.3, -0.25) is 0 Å². The van der Waals surface area contributed by atoms with Crippen LogP contribution in [0.15, 0.2) is 30.5 Å². The summed E-state index contributed by atoms with van der Waals surface area (Å²) >= 11 is 7.71. The lowest BCUT2D eigenvalue weighted by molar-refractivity contribution is 0.142. The molecule has 94 valence electrons. The first-order valence-electron chi connectivity index (χ1n) is 5.69. The molecule has 0 radical (unpaired) electrons. The Labute approximate surface area is 114 Å². The second kappa shape index (κ2) is 5.30. The molecule has 0 amide bonds. The molecule has 0 bridgehead atoms. The van der Waals surface area contributed by atoms with Gasteiger partial charge in [0.1, 0.15) is 11.1 Å². The van der Waals surface area contributed by atoms with E-state index in [-0.39, 0.29) is 5.44 Å². The van der Waals surface area contributed by atoms with Crippen molar-refractivity contribution in [3.8, 4) is 0 Å². The van der Waals surface area contributed by atoms with Crippen LogP contribution < -0.4 is 0 Å². The molecule has 3 rings (SSSR count). The molecule has 6 heteroatoms. The van der Waals surface area contributed by atoms with Crippen LogP contribution in [0.4, 0.5) is 0 Å². The highest BCUT2D eigenvalue weighted by Crippen LogP contribution is 2.33. The minimum absolute atomic E-state index is 0.0399. The number of ether oxygens (including phenoxy) is 1. The van der Waals surface area contributed by atoms with E-state index in [4.69, 9.17) is 16.3 Å². The van der Waals surface area contributed by atoms with Crippen molar-refractivity contribution >= 4 is 23.4 Å². The normalized spacial score (nSPS) is 19.3. The molecule has 0 aliphatic carbocycles. The van der Waals surface area contributed by atoms with Crippen LogP contribution in [0.25, 0.3) is 0 Å². The topological polar surface area (TPSA) is 39.9 Å². The van der Waals surface area contributed by atoms with Gasteiger partial charge in [0, 0.05) is 10.8 Å². The van der Waals surface area contributed by atoms with Gasteiger partial charge in [-0.15, -0.1) is 16.9 Å². The lowest BCUT2D eigenvalue weighted by Gasteiger charge is -2.03. The van der Waals surface area contributed by atoms with Crippen molar-refractivity contribution in [3.05, 3.63) is 46.7 Å². The molecule has 18 heavy (non-hydrogen) atoms. The third kappa shape index (κ3) is 2.68. The summed E-state index contributed by atoms with van der Waals surface area (Å²) in [4.78, 5) is 0. The lowest BCUT2D eigenvalue weighted by Crippen LogP contribution is -2.00. The van der Waals surface area contributed by atoms with Crippen molar-refractivity contribution in [3.63, 3.8) is 0 Å². The van der Waals surface area contributed by atoms with Crippen molar-refractivity contribution in [2.75, 3.05) is 12.4 Å². The quantitative estimate of drug-likeness (QED) is 0.867. The number of hydrogen-bond acceptors (Lipinski definition) is 4. The molecule has 0 N–H and O–H groups in total. The van der Waals surface area contributed by atoms with Crippen molar-refractivity contribution in [2.45, 2.75) is 12.0 Å². The molecule has 2 aromatic rings. The molecule has 1 fully saturated rings. The first-order chi connectivity index (χ1) is 8.81. The Morgan fingerprint density at radius 3 is 3.22 bits per heavy atom. The zero-order chi connectivity index (χ0) is 12.4. The molecule has 0 saturated carbocycles. The maximum absolute atomic E-state index is 5.95. The van der Waals surface area contributed by atoms with Crippen molar-refractivity contribution in [2.24, 2.45) is 0 Å². The summed E-state index contributed by atoms with van der Waals surface area (Å²) in [7, 11) is 0. The number of halogens is 1. The molecule has 1 aromatic carbocycles. The summed E-state index contributed by atoms with van der Waals surface area (Å²) in [5.41, 5.74) is 2.04. The molecule has 1 saturated heterocycles. The number of benzene rings is 1. The van der Waals surface area contributed by atoms with Crippen LogP contribution in [0.2, 0.25) is 5.02 Å². The Kier molecular flexibility index (Phi) is 3.54. The van der Waals surface area contributed by atoms with Crippen LogP contribution in [0.5, 0.6) is 0 Å². The Hall–Kier alpha value is -1.04. The molecule has 4 nitrogen and oxygen atoms in total. The number of hydrogen-bond donors (Lipinski definition) is 0. The van der Waals surface area contributed by atoms with Crippen molar-refractivity contribution < 1.29 is 4.74 Å². The summed E-state index contributed by atoms with van der Waals surface area (Å²) in [6.45, 7) is 1.46. The molecule has 1 unspecified atom stereocenters. The SMILES string of the molecule is Clc1cccc(Cn2cc(C3OCCS3)nn2)c1. The van der Waals surface area contributed by atoms with Gasteiger partial charge >= 0.3 is 0 Å². The van der Waals surface area contributed by atoms with E-state index in [9.17, 15) is 0 Å². The van der Waals surface area contributed by atoms with Crippen LogP contribution in [-0.4, -0.2) is 27.4 Å². The van der Waals surface area contributed by atoms with Crippen LogP contribution >= 0.6 is 23.4 Å². The minimum Gasteiger partial charge on any atom is -0.360 e. The molecule has 1 aliphatic rings. The average Bonchev–Trinajstić information content (AvgIpc) is 2.98. The maximum atomic E-state index is 5.95. The molecule has 1 aromatic heterocycles. The van der Waals surface area contributed by atoms with Gasteiger partial charge in [0.25, 0.3) is 0 Å². The standard InChI is InChI=1S/C12H12ClN3OS/c13-10-3-1-2-9(6-10)7-16-8-11(14-15-16)12-17-4-5-18-12/h1-3,6,8,12H,4-5,7H2. The highest BCUT2D eigenvalue weighted by Gasteiger charge is 2.21. The first kappa shape index (κ1) is 12.0. The van der Waals surface area contributed by atoms with Gasteiger partial charge in [-0.1, -0.05) is 28.9 Å². The van der Waals surface area contributed by atoms with Crippen LogP contribution in [0, 0.1) is 0 Å². The number of thioether (sulfide) groups is 1. The number of rotatable bonds is 3. The highest BCUT2D eigenvalue weighted by molar-refractivity contribution is 7.99. The fourth-order valence-corrected chi connectivity index (χ4v) is 2.94. The van der Waals surface area contributed by atoms with E-state index in [2.05, 4.69) is 10.3 Å². The monoisotopic (exact) mass is 281 g/mol. The van der Waals surface area contributed by atoms with Crippen molar-refractivity contribution in [1.29, 1.82) is 0 Å². The minimum atomic E-state index is 0.0399. The highest BCUT2D eigenvalue weighted by atomic mass is 35.5. The van der Waals surface area contributed by atoms with E-state index in [0.717, 1.165) is 28.6 Å². The smallest absolute Gasteiger partial charge is 0.148 e. The zero-order valence-electron chi connectivity index (χ0n) is 9.62. The zero-order valence-corrected chi connectivity index (χ0v) is 11.2. The van der Waals surface area contributed by atoms with Crippen molar-refractivity contribution in [1.82, 2.24) is 15.0 Å². The van der Waals surface area contributed by atoms with Gasteiger partial charge in [-0.25, -0.2) is 4.68 Å². The summed E-state index contributed by atoms with van der Waals surface area (Å²) in [6, 6.07) is 7.75. The second-order valence-corrected chi connectivity index (χ2v) is 5.65. The van der Waals surface area contributed by atoms with E-state index in [0.29, 0.717) is 6.54 Å². The fourth-order valence-electron chi connectivity index (χ4n) is 1.85. The molecule has 1 atom stereocenters. The van der Waals surface area contributed by atoms with Crippen LogP contribution in [-0.2, 0) is 11.3 Å². The Balaban J connectivity index is 1.73. The Bertz CT molecular complexity index is 540. The van der Waals surface area contributed by atoms with Gasteiger partial charge in [0.15, 0.2) is 0 Å². The molecular weight excluding hydrogens is 270 g/mol. The Morgan fingerprint density at radius 1 is 1.50 bits per heavy atom. The molecule has 2 heterocycles. The second-order valence-electron chi connectivity index (χ2n) is 4.04. The van der Waals surface area contributed by atoms with E-state index >= 15 is 0 Å². The molecular formula is C12H12ClN3OS. The van der Waals surface area contributed by atoms with Crippen LogP contribution in [0.3, 0.4) is 0 Å². The summed E-state index contributed by atoms with van der Waals surface area (Å²) in [5, 5.41) is 9.01. The predicted molar refractivity (Wildman–Crippen MR) is 71.7 cm³/mol. The summed E-state index contributed by atoms with van der Waals surface area (Å²) in [6.07, 6.45) is 1.93. The van der Waals surface area contributed by atoms with Gasteiger partial charge in [0.2, 0.25) is 0 Å². The predicted octanol–water partition coefficient (Wildman–Crippen LogP) is 2.74.